The Kier molecular flexibility index (Phi) is 2.72. The lowest BCUT2D eigenvalue weighted by Gasteiger charge is -2.00. The topological polar surface area (TPSA) is 39.4 Å². The van der Waals surface area contributed by atoms with E-state index >= 15 is 0 Å². The molecule has 2 rings (SSSR count). The van der Waals surface area contributed by atoms with E-state index in [-0.39, 0.29) is 5.82 Å². The van der Waals surface area contributed by atoms with Gasteiger partial charge in [0.2, 0.25) is 0 Å². The molecular weight excluding hydrogens is 211 g/mol. The first-order chi connectivity index (χ1) is 7.72. The second-order valence-electron chi connectivity index (χ2n) is 3.20. The Balaban J connectivity index is 2.44. The molecule has 1 aromatic carbocycles. The predicted octanol–water partition coefficient (Wildman–Crippen LogP) is 2.87. The van der Waals surface area contributed by atoms with Crippen LogP contribution in [0, 0.1) is 5.82 Å². The Bertz CT molecular complexity index is 499. The van der Waals surface area contributed by atoms with Crippen LogP contribution in [0.25, 0.3) is 11.1 Å². The summed E-state index contributed by atoms with van der Waals surface area (Å²) in [5.41, 5.74) is 1.62. The smallest absolute Gasteiger partial charge is 0.341 e. The molecule has 1 heterocycles. The molecule has 0 bridgehead atoms. The van der Waals surface area contributed by atoms with Crippen LogP contribution >= 0.6 is 0 Å². The predicted molar refractivity (Wildman–Crippen MR) is 55.4 cm³/mol. The summed E-state index contributed by atoms with van der Waals surface area (Å²) >= 11 is 0. The molecule has 1 aromatic heterocycles. The van der Waals surface area contributed by atoms with Crippen molar-refractivity contribution in [1.82, 2.24) is 0 Å². The Labute approximate surface area is 91.5 Å². The van der Waals surface area contributed by atoms with Crippen molar-refractivity contribution in [3.8, 4) is 11.1 Å². The zero-order valence-corrected chi connectivity index (χ0v) is 8.57. The minimum absolute atomic E-state index is 0.327. The largest absolute Gasteiger partial charge is 0.471 e. The Morgan fingerprint density at radius 2 is 1.94 bits per heavy atom. The summed E-state index contributed by atoms with van der Waals surface area (Å²) in [5.74, 6) is -0.806. The Morgan fingerprint density at radius 1 is 1.25 bits per heavy atom. The highest BCUT2D eigenvalue weighted by atomic mass is 19.1. The van der Waals surface area contributed by atoms with E-state index in [2.05, 4.69) is 4.74 Å². The zero-order valence-electron chi connectivity index (χ0n) is 8.57. The average molecular weight is 220 g/mol. The van der Waals surface area contributed by atoms with Crippen molar-refractivity contribution >= 4 is 5.97 Å². The van der Waals surface area contributed by atoms with Gasteiger partial charge in [0, 0.05) is 5.56 Å². The number of rotatable bonds is 2. The molecule has 3 nitrogen and oxygen atoms in total. The number of esters is 1. The van der Waals surface area contributed by atoms with Crippen LogP contribution in [0.2, 0.25) is 0 Å². The average Bonchev–Trinajstić information content (AvgIpc) is 2.78. The molecule has 0 radical (unpaired) electrons. The van der Waals surface area contributed by atoms with Crippen LogP contribution in [0.3, 0.4) is 0 Å². The van der Waals surface area contributed by atoms with E-state index in [4.69, 9.17) is 4.42 Å². The lowest BCUT2D eigenvalue weighted by molar-refractivity contribution is 0.0600. The van der Waals surface area contributed by atoms with E-state index in [1.165, 1.54) is 31.8 Å². The van der Waals surface area contributed by atoms with E-state index in [0.717, 1.165) is 0 Å². The lowest BCUT2D eigenvalue weighted by atomic mass is 10.1. The van der Waals surface area contributed by atoms with Gasteiger partial charge in [-0.15, -0.1) is 0 Å². The van der Waals surface area contributed by atoms with Crippen molar-refractivity contribution in [2.24, 2.45) is 0 Å². The standard InChI is InChI=1S/C12H9FO3/c1-15-12(14)11-7-16-6-10(11)8-2-4-9(13)5-3-8/h2-7H,1H3. The normalized spacial score (nSPS) is 10.1. The third kappa shape index (κ3) is 1.82. The first kappa shape index (κ1) is 10.4. The maximum atomic E-state index is 12.7. The van der Waals surface area contributed by atoms with Crippen LogP contribution in [0.15, 0.2) is 41.2 Å². The molecule has 16 heavy (non-hydrogen) atoms. The van der Waals surface area contributed by atoms with Gasteiger partial charge in [-0.2, -0.15) is 0 Å². The van der Waals surface area contributed by atoms with Gasteiger partial charge in [0.05, 0.1) is 13.4 Å². The van der Waals surface area contributed by atoms with Gasteiger partial charge in [-0.05, 0) is 17.7 Å². The summed E-state index contributed by atoms with van der Waals surface area (Å²) in [7, 11) is 1.30. The number of hydrogen-bond acceptors (Lipinski definition) is 3. The molecule has 0 amide bonds. The van der Waals surface area contributed by atoms with Gasteiger partial charge < -0.3 is 9.15 Å². The quantitative estimate of drug-likeness (QED) is 0.730. The highest BCUT2D eigenvalue weighted by Gasteiger charge is 2.15. The summed E-state index contributed by atoms with van der Waals surface area (Å²) in [6.45, 7) is 0. The minimum atomic E-state index is -0.479. The third-order valence-corrected chi connectivity index (χ3v) is 2.22. The second-order valence-corrected chi connectivity index (χ2v) is 3.20. The number of carbonyl (C=O) groups excluding carboxylic acids is 1. The molecule has 0 fully saturated rings. The molecule has 0 aliphatic rings. The minimum Gasteiger partial charge on any atom is -0.471 e. The second kappa shape index (κ2) is 4.18. The maximum Gasteiger partial charge on any atom is 0.341 e. The molecule has 0 saturated carbocycles. The number of benzene rings is 1. The number of ether oxygens (including phenoxy) is 1. The van der Waals surface area contributed by atoms with Crippen molar-refractivity contribution in [3.05, 3.63) is 48.2 Å². The van der Waals surface area contributed by atoms with E-state index < -0.39 is 5.97 Å². The van der Waals surface area contributed by atoms with Gasteiger partial charge in [-0.25, -0.2) is 9.18 Å². The van der Waals surface area contributed by atoms with Gasteiger partial charge in [-0.3, -0.25) is 0 Å². The lowest BCUT2D eigenvalue weighted by Crippen LogP contribution is -2.00. The highest BCUT2D eigenvalue weighted by Crippen LogP contribution is 2.25. The fraction of sp³-hybridized carbons (Fsp3) is 0.0833. The number of carbonyl (C=O) groups is 1. The van der Waals surface area contributed by atoms with Crippen LogP contribution in [-0.4, -0.2) is 13.1 Å². The number of halogens is 1. The van der Waals surface area contributed by atoms with Crippen LogP contribution in [0.1, 0.15) is 10.4 Å². The van der Waals surface area contributed by atoms with Crippen LogP contribution in [0.4, 0.5) is 4.39 Å². The molecule has 82 valence electrons. The molecule has 0 N–H and O–H groups in total. The van der Waals surface area contributed by atoms with Crippen molar-refractivity contribution in [2.45, 2.75) is 0 Å². The first-order valence-electron chi connectivity index (χ1n) is 4.63. The van der Waals surface area contributed by atoms with Crippen molar-refractivity contribution < 1.29 is 18.3 Å². The van der Waals surface area contributed by atoms with E-state index in [1.807, 2.05) is 0 Å². The fourth-order valence-electron chi connectivity index (χ4n) is 1.42. The van der Waals surface area contributed by atoms with Crippen LogP contribution in [0.5, 0.6) is 0 Å². The summed E-state index contributed by atoms with van der Waals surface area (Å²) in [5, 5.41) is 0. The first-order valence-corrected chi connectivity index (χ1v) is 4.63. The number of furan rings is 1. The molecular formula is C12H9FO3. The molecule has 0 unspecified atom stereocenters. The monoisotopic (exact) mass is 220 g/mol. The Morgan fingerprint density at radius 3 is 2.56 bits per heavy atom. The van der Waals surface area contributed by atoms with Crippen molar-refractivity contribution in [1.29, 1.82) is 0 Å². The summed E-state index contributed by atoms with van der Waals surface area (Å²) in [6, 6.07) is 5.80. The molecule has 0 atom stereocenters. The molecule has 0 saturated heterocycles. The SMILES string of the molecule is COC(=O)c1cocc1-c1ccc(F)cc1. The molecule has 0 aliphatic heterocycles. The zero-order chi connectivity index (χ0) is 11.5. The number of methoxy groups -OCH3 is 1. The molecule has 0 aliphatic carbocycles. The van der Waals surface area contributed by atoms with E-state index in [0.29, 0.717) is 16.7 Å². The molecule has 2 aromatic rings. The summed E-state index contributed by atoms with van der Waals surface area (Å²) in [6.07, 6.45) is 2.74. The summed E-state index contributed by atoms with van der Waals surface area (Å²) in [4.78, 5) is 11.4. The van der Waals surface area contributed by atoms with E-state index in [1.54, 1.807) is 12.1 Å². The van der Waals surface area contributed by atoms with Crippen molar-refractivity contribution in [2.75, 3.05) is 7.11 Å². The fourth-order valence-corrected chi connectivity index (χ4v) is 1.42. The number of hydrogen-bond donors (Lipinski definition) is 0. The summed E-state index contributed by atoms with van der Waals surface area (Å²) < 4.78 is 22.3. The maximum absolute atomic E-state index is 12.7. The van der Waals surface area contributed by atoms with Gasteiger partial charge in [0.25, 0.3) is 0 Å². The van der Waals surface area contributed by atoms with E-state index in [9.17, 15) is 9.18 Å². The highest BCUT2D eigenvalue weighted by molar-refractivity contribution is 5.96. The molecule has 4 heteroatoms. The van der Waals surface area contributed by atoms with Crippen molar-refractivity contribution in [3.63, 3.8) is 0 Å². The van der Waals surface area contributed by atoms with Gasteiger partial charge >= 0.3 is 5.97 Å². The third-order valence-electron chi connectivity index (χ3n) is 2.22. The van der Waals surface area contributed by atoms with Crippen LogP contribution in [-0.2, 0) is 4.74 Å². The molecule has 0 spiro atoms. The van der Waals surface area contributed by atoms with Gasteiger partial charge in [0.15, 0.2) is 0 Å². The van der Waals surface area contributed by atoms with Gasteiger partial charge in [-0.1, -0.05) is 12.1 Å². The van der Waals surface area contributed by atoms with Gasteiger partial charge in [0.1, 0.15) is 17.6 Å². The van der Waals surface area contributed by atoms with Crippen LogP contribution < -0.4 is 0 Å². The Hall–Kier alpha value is -2.10.